The number of rotatable bonds is 4. The van der Waals surface area contributed by atoms with Gasteiger partial charge in [0.15, 0.2) is 5.78 Å². The third-order valence-corrected chi connectivity index (χ3v) is 1.31. The van der Waals surface area contributed by atoms with Crippen molar-refractivity contribution in [3.05, 3.63) is 11.6 Å². The summed E-state index contributed by atoms with van der Waals surface area (Å²) in [6.45, 7) is 6.75. The van der Waals surface area contributed by atoms with E-state index in [1.807, 2.05) is 13.8 Å². The lowest BCUT2D eigenvalue weighted by Gasteiger charge is -2.08. The fraction of sp³-hybridized carbons (Fsp3) is 0.600. The molecule has 0 fully saturated rings. The average molecular weight is 184 g/mol. The Morgan fingerprint density at radius 1 is 1.31 bits per heavy atom. The third kappa shape index (κ3) is 7.25. The highest BCUT2D eigenvalue weighted by Gasteiger charge is 2.09. The van der Waals surface area contributed by atoms with Crippen LogP contribution in [0.5, 0.6) is 0 Å². The first kappa shape index (κ1) is 11.9. The first-order valence-corrected chi connectivity index (χ1v) is 4.26. The molecule has 0 aliphatic rings. The maximum absolute atomic E-state index is 11.2. The Hall–Kier alpha value is -1.12. The quantitative estimate of drug-likeness (QED) is 0.494. The van der Waals surface area contributed by atoms with Gasteiger partial charge in [0.2, 0.25) is 0 Å². The van der Waals surface area contributed by atoms with Crippen LogP contribution >= 0.6 is 0 Å². The van der Waals surface area contributed by atoms with Crippen molar-refractivity contribution in [1.82, 2.24) is 0 Å². The Labute approximate surface area is 78.8 Å². The Balaban J connectivity index is 3.92. The fourth-order valence-electron chi connectivity index (χ4n) is 0.989. The zero-order valence-electron chi connectivity index (χ0n) is 8.59. The van der Waals surface area contributed by atoms with Gasteiger partial charge in [0.1, 0.15) is 6.10 Å². The van der Waals surface area contributed by atoms with E-state index in [2.05, 4.69) is 0 Å². The molecule has 0 bridgehead atoms. The van der Waals surface area contributed by atoms with Gasteiger partial charge < -0.3 is 4.74 Å². The van der Waals surface area contributed by atoms with E-state index in [4.69, 9.17) is 4.74 Å². The Kier molecular flexibility index (Phi) is 5.04. The molecule has 0 rings (SSSR count). The Bertz CT molecular complexity index is 224. The number of esters is 1. The molecule has 0 aromatic rings. The van der Waals surface area contributed by atoms with Crippen LogP contribution in [0.4, 0.5) is 0 Å². The summed E-state index contributed by atoms with van der Waals surface area (Å²) in [6.07, 6.45) is 1.48. The van der Waals surface area contributed by atoms with Crippen molar-refractivity contribution < 1.29 is 14.3 Å². The second kappa shape index (κ2) is 5.51. The number of carbonyl (C=O) groups is 2. The number of carbonyl (C=O) groups excluding carboxylic acids is 2. The molecule has 0 heterocycles. The van der Waals surface area contributed by atoms with Gasteiger partial charge in [0.05, 0.1) is 0 Å². The van der Waals surface area contributed by atoms with Crippen LogP contribution in [0.1, 0.15) is 34.1 Å². The molecule has 0 aromatic carbocycles. The molecule has 0 aliphatic carbocycles. The van der Waals surface area contributed by atoms with Gasteiger partial charge in [-0.2, -0.15) is 0 Å². The van der Waals surface area contributed by atoms with E-state index >= 15 is 0 Å². The summed E-state index contributed by atoms with van der Waals surface area (Å²) >= 11 is 0. The fourth-order valence-corrected chi connectivity index (χ4v) is 0.989. The predicted octanol–water partition coefficient (Wildman–Crippen LogP) is 1.86. The van der Waals surface area contributed by atoms with Gasteiger partial charge >= 0.3 is 5.97 Å². The Morgan fingerprint density at radius 2 is 1.85 bits per heavy atom. The molecule has 0 spiro atoms. The highest BCUT2D eigenvalue weighted by molar-refractivity contribution is 5.90. The van der Waals surface area contributed by atoms with Gasteiger partial charge in [-0.1, -0.05) is 5.57 Å². The van der Waals surface area contributed by atoms with Crippen LogP contribution < -0.4 is 0 Å². The van der Waals surface area contributed by atoms with E-state index in [1.54, 1.807) is 13.0 Å². The lowest BCUT2D eigenvalue weighted by molar-refractivity contribution is -0.146. The van der Waals surface area contributed by atoms with E-state index in [1.165, 1.54) is 6.92 Å². The molecule has 0 aliphatic heterocycles. The van der Waals surface area contributed by atoms with Crippen molar-refractivity contribution in [3.63, 3.8) is 0 Å². The first-order valence-electron chi connectivity index (χ1n) is 4.26. The molecule has 1 atom stereocenters. The lowest BCUT2D eigenvalue weighted by Crippen LogP contribution is -2.15. The molecule has 3 heteroatoms. The second-order valence-corrected chi connectivity index (χ2v) is 3.31. The molecule has 0 saturated carbocycles. The topological polar surface area (TPSA) is 43.4 Å². The number of ketones is 1. The van der Waals surface area contributed by atoms with Gasteiger partial charge in [-0.05, 0) is 26.8 Å². The summed E-state index contributed by atoms with van der Waals surface area (Å²) in [4.78, 5) is 21.7. The van der Waals surface area contributed by atoms with Gasteiger partial charge in [0, 0.05) is 13.3 Å². The molecule has 0 saturated heterocycles. The van der Waals surface area contributed by atoms with Crippen molar-refractivity contribution in [1.29, 1.82) is 0 Å². The highest BCUT2D eigenvalue weighted by atomic mass is 16.5. The molecule has 0 radical (unpaired) electrons. The summed E-state index contributed by atoms with van der Waals surface area (Å²) in [7, 11) is 0. The number of hydrogen-bond acceptors (Lipinski definition) is 3. The molecule has 1 unspecified atom stereocenters. The van der Waals surface area contributed by atoms with Crippen molar-refractivity contribution >= 4 is 11.8 Å². The van der Waals surface area contributed by atoms with Crippen LogP contribution in [0.2, 0.25) is 0 Å². The minimum Gasteiger partial charge on any atom is -0.462 e. The molecule has 0 aromatic heterocycles. The van der Waals surface area contributed by atoms with Crippen molar-refractivity contribution in [2.75, 3.05) is 0 Å². The second-order valence-electron chi connectivity index (χ2n) is 3.31. The van der Waals surface area contributed by atoms with Crippen LogP contribution in [-0.4, -0.2) is 17.9 Å². The summed E-state index contributed by atoms with van der Waals surface area (Å²) < 4.78 is 4.81. The molecular weight excluding hydrogens is 168 g/mol. The summed E-state index contributed by atoms with van der Waals surface area (Å²) in [6, 6.07) is 0. The largest absolute Gasteiger partial charge is 0.462 e. The molecular formula is C10H16O3. The normalized spacial score (nSPS) is 11.7. The molecule has 74 valence electrons. The monoisotopic (exact) mass is 184 g/mol. The smallest absolute Gasteiger partial charge is 0.302 e. The zero-order chi connectivity index (χ0) is 10.4. The highest BCUT2D eigenvalue weighted by Crippen LogP contribution is 2.01. The Morgan fingerprint density at radius 3 is 2.23 bits per heavy atom. The summed E-state index contributed by atoms with van der Waals surface area (Å²) in [5, 5.41) is 0. The van der Waals surface area contributed by atoms with E-state index in [0.29, 0.717) is 0 Å². The van der Waals surface area contributed by atoms with E-state index in [-0.39, 0.29) is 24.3 Å². The van der Waals surface area contributed by atoms with Gasteiger partial charge in [-0.25, -0.2) is 0 Å². The van der Waals surface area contributed by atoms with Crippen LogP contribution in [0.3, 0.4) is 0 Å². The van der Waals surface area contributed by atoms with Crippen LogP contribution in [0.15, 0.2) is 11.6 Å². The van der Waals surface area contributed by atoms with Crippen LogP contribution in [0.25, 0.3) is 0 Å². The summed E-state index contributed by atoms with van der Waals surface area (Å²) in [5.74, 6) is -0.355. The van der Waals surface area contributed by atoms with Gasteiger partial charge in [0.25, 0.3) is 0 Å². The molecule has 3 nitrogen and oxygen atoms in total. The minimum atomic E-state index is -0.350. The number of allylic oxidation sites excluding steroid dienone is 2. The summed E-state index contributed by atoms with van der Waals surface area (Å²) in [5.41, 5.74) is 0.958. The molecule has 0 N–H and O–H groups in total. The SMILES string of the molecule is CC(=O)OC(C)CC(=O)C=C(C)C. The van der Waals surface area contributed by atoms with Gasteiger partial charge in [-0.3, -0.25) is 9.59 Å². The van der Waals surface area contributed by atoms with Crippen molar-refractivity contribution in [2.45, 2.75) is 40.2 Å². The van der Waals surface area contributed by atoms with Gasteiger partial charge in [-0.15, -0.1) is 0 Å². The predicted molar refractivity (Wildman–Crippen MR) is 50.3 cm³/mol. The number of hydrogen-bond donors (Lipinski definition) is 0. The number of ether oxygens (including phenoxy) is 1. The standard InChI is InChI=1S/C10H16O3/c1-7(2)5-10(12)6-8(3)13-9(4)11/h5,8H,6H2,1-4H3. The van der Waals surface area contributed by atoms with Crippen LogP contribution in [-0.2, 0) is 14.3 Å². The van der Waals surface area contributed by atoms with E-state index in [0.717, 1.165) is 5.57 Å². The van der Waals surface area contributed by atoms with Crippen molar-refractivity contribution in [3.8, 4) is 0 Å². The molecule has 13 heavy (non-hydrogen) atoms. The minimum absolute atomic E-state index is 0.00579. The average Bonchev–Trinajstić information content (AvgIpc) is 1.80. The third-order valence-electron chi connectivity index (χ3n) is 1.31. The zero-order valence-corrected chi connectivity index (χ0v) is 8.59. The van der Waals surface area contributed by atoms with Crippen molar-refractivity contribution in [2.24, 2.45) is 0 Å². The molecule has 0 amide bonds. The van der Waals surface area contributed by atoms with Crippen LogP contribution in [0, 0.1) is 0 Å². The lowest BCUT2D eigenvalue weighted by atomic mass is 10.1. The maximum atomic E-state index is 11.2. The van der Waals surface area contributed by atoms with E-state index in [9.17, 15) is 9.59 Å². The first-order chi connectivity index (χ1) is 5.91. The van der Waals surface area contributed by atoms with E-state index < -0.39 is 0 Å². The maximum Gasteiger partial charge on any atom is 0.302 e.